The number of nitrogens with one attached hydrogen (secondary N) is 2. The first-order valence-electron chi connectivity index (χ1n) is 7.35. The van der Waals surface area contributed by atoms with Gasteiger partial charge in [-0.3, -0.25) is 0 Å². The zero-order chi connectivity index (χ0) is 16.8. The first-order valence-corrected chi connectivity index (χ1v) is 8.52. The molecule has 0 saturated carbocycles. The minimum absolute atomic E-state index is 0.176. The predicted molar refractivity (Wildman–Crippen MR) is 94.3 cm³/mol. The normalized spacial score (nSPS) is 12.8. The third-order valence-corrected chi connectivity index (χ3v) is 4.20. The molecule has 124 valence electrons. The van der Waals surface area contributed by atoms with E-state index in [1.165, 1.54) is 0 Å². The molecule has 4 nitrogen and oxygen atoms in total. The predicted octanol–water partition coefficient (Wildman–Crippen LogP) is 4.50. The van der Waals surface area contributed by atoms with Crippen LogP contribution in [0.15, 0.2) is 22.7 Å². The lowest BCUT2D eigenvalue weighted by atomic mass is 10.2. The van der Waals surface area contributed by atoms with Crippen molar-refractivity contribution in [2.24, 2.45) is 0 Å². The highest BCUT2D eigenvalue weighted by Gasteiger charge is 2.16. The second kappa shape index (κ2) is 8.75. The molecule has 1 aromatic carbocycles. The van der Waals surface area contributed by atoms with Crippen LogP contribution in [-0.2, 0) is 11.3 Å². The second-order valence-corrected chi connectivity index (χ2v) is 7.38. The highest BCUT2D eigenvalue weighted by atomic mass is 79.9. The van der Waals surface area contributed by atoms with Gasteiger partial charge in [0.05, 0.1) is 5.02 Å². The van der Waals surface area contributed by atoms with Gasteiger partial charge in [0.15, 0.2) is 0 Å². The molecule has 1 aromatic rings. The van der Waals surface area contributed by atoms with Crippen LogP contribution in [0.3, 0.4) is 0 Å². The molecule has 0 heterocycles. The average Bonchev–Trinajstić information content (AvgIpc) is 2.41. The largest absolute Gasteiger partial charge is 0.444 e. The summed E-state index contributed by atoms with van der Waals surface area (Å²) in [5.41, 5.74) is 0.622. The zero-order valence-corrected chi connectivity index (χ0v) is 15.8. The van der Waals surface area contributed by atoms with Crippen molar-refractivity contribution in [3.63, 3.8) is 0 Å². The summed E-state index contributed by atoms with van der Waals surface area (Å²) in [4.78, 5) is 11.7. The number of halogens is 2. The Bertz CT molecular complexity index is 503. The molecule has 22 heavy (non-hydrogen) atoms. The molecule has 0 spiro atoms. The molecule has 0 aromatic heterocycles. The van der Waals surface area contributed by atoms with Crippen LogP contribution in [0, 0.1) is 0 Å². The maximum Gasteiger partial charge on any atom is 0.407 e. The van der Waals surface area contributed by atoms with Crippen LogP contribution >= 0.6 is 27.5 Å². The second-order valence-electron chi connectivity index (χ2n) is 6.12. The van der Waals surface area contributed by atoms with Crippen molar-refractivity contribution < 1.29 is 9.53 Å². The number of carbonyl (C=O) groups excluding carboxylic acids is 1. The molecule has 1 atom stereocenters. The fraction of sp³-hybridized carbons (Fsp3) is 0.562. The first-order chi connectivity index (χ1) is 10.2. The summed E-state index contributed by atoms with van der Waals surface area (Å²) in [6, 6.07) is 6.04. The van der Waals surface area contributed by atoms with Gasteiger partial charge in [0.1, 0.15) is 5.60 Å². The van der Waals surface area contributed by atoms with Crippen molar-refractivity contribution in [3.05, 3.63) is 33.3 Å². The number of benzene rings is 1. The summed E-state index contributed by atoms with van der Waals surface area (Å²) in [7, 11) is 0. The number of alkyl carbamates (subject to hydrolysis) is 1. The van der Waals surface area contributed by atoms with Gasteiger partial charge in [-0.15, -0.1) is 0 Å². The first kappa shape index (κ1) is 19.3. The van der Waals surface area contributed by atoms with Crippen molar-refractivity contribution in [1.82, 2.24) is 10.6 Å². The minimum atomic E-state index is -0.479. The summed E-state index contributed by atoms with van der Waals surface area (Å²) in [5.74, 6) is 0. The fourth-order valence-corrected chi connectivity index (χ4v) is 2.24. The van der Waals surface area contributed by atoms with Crippen molar-refractivity contribution in [2.75, 3.05) is 6.54 Å². The lowest BCUT2D eigenvalue weighted by Crippen LogP contribution is -2.42. The van der Waals surface area contributed by atoms with E-state index in [4.69, 9.17) is 16.3 Å². The number of amides is 1. The summed E-state index contributed by atoms with van der Waals surface area (Å²) in [6.45, 7) is 8.83. The minimum Gasteiger partial charge on any atom is -0.444 e. The summed E-state index contributed by atoms with van der Waals surface area (Å²) >= 11 is 9.45. The SMILES string of the molecule is CCC(CNC(=O)OC(C)(C)C)NCc1ccc(Br)c(Cl)c1. The van der Waals surface area contributed by atoms with E-state index in [-0.39, 0.29) is 12.1 Å². The Morgan fingerprint density at radius 2 is 2.09 bits per heavy atom. The number of ether oxygens (including phenoxy) is 1. The molecular weight excluding hydrogens is 368 g/mol. The van der Waals surface area contributed by atoms with Crippen molar-refractivity contribution >= 4 is 33.6 Å². The highest BCUT2D eigenvalue weighted by Crippen LogP contribution is 2.23. The Balaban J connectivity index is 2.42. The molecule has 0 aliphatic heterocycles. The van der Waals surface area contributed by atoms with E-state index in [2.05, 4.69) is 33.5 Å². The Hall–Kier alpha value is -0.780. The maximum atomic E-state index is 11.7. The Morgan fingerprint density at radius 3 is 2.64 bits per heavy atom. The molecule has 0 bridgehead atoms. The van der Waals surface area contributed by atoms with E-state index in [9.17, 15) is 4.79 Å². The molecule has 0 saturated heterocycles. The van der Waals surface area contributed by atoms with Crippen LogP contribution in [0.1, 0.15) is 39.7 Å². The third kappa shape index (κ3) is 7.47. The lowest BCUT2D eigenvalue weighted by Gasteiger charge is -2.22. The van der Waals surface area contributed by atoms with Gasteiger partial charge in [-0.05, 0) is 60.8 Å². The average molecular weight is 392 g/mol. The van der Waals surface area contributed by atoms with E-state index in [0.29, 0.717) is 18.1 Å². The van der Waals surface area contributed by atoms with Crippen LogP contribution in [0.2, 0.25) is 5.02 Å². The van der Waals surface area contributed by atoms with Gasteiger partial charge >= 0.3 is 6.09 Å². The molecule has 0 radical (unpaired) electrons. The third-order valence-electron chi connectivity index (χ3n) is 2.96. The van der Waals surface area contributed by atoms with Crippen molar-refractivity contribution in [3.8, 4) is 0 Å². The molecule has 0 fully saturated rings. The van der Waals surface area contributed by atoms with Crippen LogP contribution in [0.5, 0.6) is 0 Å². The Kier molecular flexibility index (Phi) is 7.66. The summed E-state index contributed by atoms with van der Waals surface area (Å²) < 4.78 is 6.11. The number of hydrogen-bond acceptors (Lipinski definition) is 3. The molecule has 1 unspecified atom stereocenters. The smallest absolute Gasteiger partial charge is 0.407 e. The van der Waals surface area contributed by atoms with Gasteiger partial charge < -0.3 is 15.4 Å². The number of hydrogen-bond donors (Lipinski definition) is 2. The van der Waals surface area contributed by atoms with Crippen molar-refractivity contribution in [2.45, 2.75) is 52.3 Å². The quantitative estimate of drug-likeness (QED) is 0.751. The zero-order valence-electron chi connectivity index (χ0n) is 13.5. The van der Waals surface area contributed by atoms with Gasteiger partial charge in [-0.2, -0.15) is 0 Å². The standard InChI is InChI=1S/C16H24BrClN2O2/c1-5-12(10-20-15(21)22-16(2,3)4)19-9-11-6-7-13(17)14(18)8-11/h6-8,12,19H,5,9-10H2,1-4H3,(H,20,21). The van der Waals surface area contributed by atoms with Gasteiger partial charge in [0.2, 0.25) is 0 Å². The molecule has 0 aliphatic rings. The van der Waals surface area contributed by atoms with Gasteiger partial charge in [-0.25, -0.2) is 4.79 Å². The van der Waals surface area contributed by atoms with E-state index in [1.807, 2.05) is 39.0 Å². The molecule has 2 N–H and O–H groups in total. The van der Waals surface area contributed by atoms with Gasteiger partial charge in [0.25, 0.3) is 0 Å². The summed E-state index contributed by atoms with van der Waals surface area (Å²) in [5, 5.41) is 6.89. The maximum absolute atomic E-state index is 11.7. The fourth-order valence-electron chi connectivity index (χ4n) is 1.79. The lowest BCUT2D eigenvalue weighted by molar-refractivity contribution is 0.0522. The van der Waals surface area contributed by atoms with Gasteiger partial charge in [-0.1, -0.05) is 24.6 Å². The summed E-state index contributed by atoms with van der Waals surface area (Å²) in [6.07, 6.45) is 0.513. The Morgan fingerprint density at radius 1 is 1.41 bits per heavy atom. The number of carbonyl (C=O) groups is 1. The van der Waals surface area contributed by atoms with Crippen LogP contribution in [0.4, 0.5) is 4.79 Å². The van der Waals surface area contributed by atoms with Crippen LogP contribution < -0.4 is 10.6 Å². The van der Waals surface area contributed by atoms with E-state index in [1.54, 1.807) is 0 Å². The molecule has 1 amide bonds. The van der Waals surface area contributed by atoms with Crippen LogP contribution in [0.25, 0.3) is 0 Å². The van der Waals surface area contributed by atoms with Gasteiger partial charge in [0, 0.05) is 23.6 Å². The van der Waals surface area contributed by atoms with Crippen molar-refractivity contribution in [1.29, 1.82) is 0 Å². The molecule has 0 aliphatic carbocycles. The van der Waals surface area contributed by atoms with E-state index >= 15 is 0 Å². The topological polar surface area (TPSA) is 50.4 Å². The monoisotopic (exact) mass is 390 g/mol. The van der Waals surface area contributed by atoms with E-state index in [0.717, 1.165) is 16.5 Å². The molecular formula is C16H24BrClN2O2. The van der Waals surface area contributed by atoms with E-state index < -0.39 is 5.60 Å². The van der Waals surface area contributed by atoms with Crippen LogP contribution in [-0.4, -0.2) is 24.3 Å². The highest BCUT2D eigenvalue weighted by molar-refractivity contribution is 9.10. The Labute approximate surface area is 146 Å². The number of rotatable bonds is 6. The molecule has 6 heteroatoms. The molecule has 1 rings (SSSR count).